The van der Waals surface area contributed by atoms with Gasteiger partial charge in [-0.3, -0.25) is 4.57 Å². The van der Waals surface area contributed by atoms with Gasteiger partial charge in [0.2, 0.25) is 6.41 Å². The summed E-state index contributed by atoms with van der Waals surface area (Å²) >= 11 is 0. The van der Waals surface area contributed by atoms with Gasteiger partial charge in [-0.05, 0) is 39.8 Å². The normalized spacial score (nSPS) is 14.2. The molecule has 17 heavy (non-hydrogen) atoms. The lowest BCUT2D eigenvalue weighted by Gasteiger charge is -2.25. The van der Waals surface area contributed by atoms with Gasteiger partial charge in [0.05, 0.1) is 16.6 Å². The number of benzene rings is 1. The molecule has 0 aliphatic heterocycles. The summed E-state index contributed by atoms with van der Waals surface area (Å²) in [4.78, 5) is 4.39. The number of imidazole rings is 1. The van der Waals surface area contributed by atoms with Crippen LogP contribution < -0.4 is 0 Å². The van der Waals surface area contributed by atoms with Gasteiger partial charge in [-0.25, -0.2) is 4.98 Å². The summed E-state index contributed by atoms with van der Waals surface area (Å²) in [6.45, 7) is 7.58. The summed E-state index contributed by atoms with van der Waals surface area (Å²) < 4.78 is 7.24. The Balaban J connectivity index is 2.44. The van der Waals surface area contributed by atoms with E-state index >= 15 is 0 Å². The van der Waals surface area contributed by atoms with Crippen molar-refractivity contribution in [3.05, 3.63) is 30.1 Å². The van der Waals surface area contributed by atoms with Crippen molar-refractivity contribution >= 4 is 11.0 Å². The monoisotopic (exact) mass is 234 g/mol. The molecule has 0 bridgehead atoms. The van der Waals surface area contributed by atoms with E-state index in [2.05, 4.69) is 4.98 Å². The molecule has 1 aromatic carbocycles. The molecule has 1 unspecified atom stereocenters. The molecule has 1 N–H and O–H groups in total. The van der Waals surface area contributed by atoms with E-state index in [1.165, 1.54) is 0 Å². The standard InChI is InChI=1S/C13H18N2O2/c1-9-14-10-7-5-6-8-11(10)15(9)12(16)17-13(2,3)4/h5-8,12,16H,1-4H3. The molecule has 1 atom stereocenters. The van der Waals surface area contributed by atoms with E-state index in [-0.39, 0.29) is 0 Å². The summed E-state index contributed by atoms with van der Waals surface area (Å²) in [7, 11) is 0. The van der Waals surface area contributed by atoms with E-state index < -0.39 is 12.0 Å². The van der Waals surface area contributed by atoms with Gasteiger partial charge in [0, 0.05) is 0 Å². The van der Waals surface area contributed by atoms with Gasteiger partial charge >= 0.3 is 0 Å². The Hall–Kier alpha value is -1.39. The molecule has 0 radical (unpaired) electrons. The Morgan fingerprint density at radius 1 is 1.29 bits per heavy atom. The number of hydrogen-bond donors (Lipinski definition) is 1. The molecule has 4 heteroatoms. The van der Waals surface area contributed by atoms with Crippen molar-refractivity contribution in [1.29, 1.82) is 0 Å². The number of ether oxygens (including phenoxy) is 1. The first-order chi connectivity index (χ1) is 7.88. The maximum absolute atomic E-state index is 10.1. The highest BCUT2D eigenvalue weighted by Crippen LogP contribution is 2.23. The van der Waals surface area contributed by atoms with Crippen LogP contribution in [0.4, 0.5) is 0 Å². The van der Waals surface area contributed by atoms with Crippen LogP contribution in [0.2, 0.25) is 0 Å². The number of aromatic nitrogens is 2. The average molecular weight is 234 g/mol. The third-order valence-electron chi connectivity index (χ3n) is 2.45. The highest BCUT2D eigenvalue weighted by atomic mass is 16.6. The first-order valence-corrected chi connectivity index (χ1v) is 5.68. The fourth-order valence-electron chi connectivity index (χ4n) is 1.81. The van der Waals surface area contributed by atoms with Gasteiger partial charge < -0.3 is 9.84 Å². The van der Waals surface area contributed by atoms with Crippen LogP contribution >= 0.6 is 0 Å². The quantitative estimate of drug-likeness (QED) is 0.812. The molecule has 0 fully saturated rings. The molecule has 0 saturated heterocycles. The zero-order valence-corrected chi connectivity index (χ0v) is 10.6. The molecule has 2 rings (SSSR count). The summed E-state index contributed by atoms with van der Waals surface area (Å²) in [6, 6.07) is 7.69. The van der Waals surface area contributed by atoms with E-state index in [0.29, 0.717) is 0 Å². The smallest absolute Gasteiger partial charge is 0.243 e. The van der Waals surface area contributed by atoms with E-state index in [4.69, 9.17) is 4.74 Å². The lowest BCUT2D eigenvalue weighted by Crippen LogP contribution is -2.26. The molecule has 1 heterocycles. The maximum Gasteiger partial charge on any atom is 0.243 e. The van der Waals surface area contributed by atoms with Crippen molar-refractivity contribution < 1.29 is 9.84 Å². The second kappa shape index (κ2) is 4.13. The fourth-order valence-corrected chi connectivity index (χ4v) is 1.81. The first kappa shape index (κ1) is 12.1. The van der Waals surface area contributed by atoms with Crippen LogP contribution in [-0.2, 0) is 4.74 Å². The summed E-state index contributed by atoms with van der Waals surface area (Å²) in [6.07, 6.45) is -1.01. The number of nitrogens with zero attached hydrogens (tertiary/aromatic N) is 2. The molecule has 4 nitrogen and oxygen atoms in total. The zero-order valence-electron chi connectivity index (χ0n) is 10.6. The maximum atomic E-state index is 10.1. The lowest BCUT2D eigenvalue weighted by atomic mass is 10.2. The van der Waals surface area contributed by atoms with Gasteiger partial charge in [-0.2, -0.15) is 0 Å². The van der Waals surface area contributed by atoms with Crippen LogP contribution in [0.3, 0.4) is 0 Å². The predicted octanol–water partition coefficient (Wildman–Crippen LogP) is 2.61. The fraction of sp³-hybridized carbons (Fsp3) is 0.462. The SMILES string of the molecule is Cc1nc2ccccc2n1C(O)OC(C)(C)C. The van der Waals surface area contributed by atoms with Crippen molar-refractivity contribution in [2.75, 3.05) is 0 Å². The van der Waals surface area contributed by atoms with Gasteiger partial charge in [0.1, 0.15) is 5.82 Å². The second-order valence-electron chi connectivity index (χ2n) is 5.07. The van der Waals surface area contributed by atoms with Crippen molar-refractivity contribution in [3.8, 4) is 0 Å². The van der Waals surface area contributed by atoms with Gasteiger partial charge in [0.15, 0.2) is 0 Å². The number of para-hydroxylation sites is 2. The van der Waals surface area contributed by atoms with Gasteiger partial charge in [-0.15, -0.1) is 0 Å². The molecular formula is C13H18N2O2. The molecule has 0 spiro atoms. The Labute approximate surface area is 101 Å². The second-order valence-corrected chi connectivity index (χ2v) is 5.07. The number of rotatable bonds is 2. The topological polar surface area (TPSA) is 47.3 Å². The van der Waals surface area contributed by atoms with Crippen molar-refractivity contribution in [2.45, 2.75) is 39.7 Å². The third kappa shape index (κ3) is 2.48. The highest BCUT2D eigenvalue weighted by molar-refractivity contribution is 5.75. The summed E-state index contributed by atoms with van der Waals surface area (Å²) in [5.74, 6) is 0.739. The van der Waals surface area contributed by atoms with Crippen LogP contribution in [0, 0.1) is 6.92 Å². The third-order valence-corrected chi connectivity index (χ3v) is 2.45. The number of fused-ring (bicyclic) bond motifs is 1. The zero-order chi connectivity index (χ0) is 12.6. The summed E-state index contributed by atoms with van der Waals surface area (Å²) in [5, 5.41) is 10.1. The summed E-state index contributed by atoms with van der Waals surface area (Å²) in [5.41, 5.74) is 1.33. The minimum absolute atomic E-state index is 0.406. The highest BCUT2D eigenvalue weighted by Gasteiger charge is 2.21. The average Bonchev–Trinajstić information content (AvgIpc) is 2.50. The van der Waals surface area contributed by atoms with Crippen LogP contribution in [0.25, 0.3) is 11.0 Å². The van der Waals surface area contributed by atoms with Crippen LogP contribution in [0.1, 0.15) is 33.0 Å². The van der Waals surface area contributed by atoms with Crippen LogP contribution in [-0.4, -0.2) is 20.3 Å². The van der Waals surface area contributed by atoms with Crippen LogP contribution in [0.15, 0.2) is 24.3 Å². The van der Waals surface area contributed by atoms with E-state index in [1.54, 1.807) is 4.57 Å². The Morgan fingerprint density at radius 3 is 2.59 bits per heavy atom. The molecule has 2 aromatic rings. The van der Waals surface area contributed by atoms with Crippen LogP contribution in [0.5, 0.6) is 0 Å². The van der Waals surface area contributed by atoms with Crippen molar-refractivity contribution in [2.24, 2.45) is 0 Å². The molecule has 92 valence electrons. The Bertz CT molecular complexity index is 526. The predicted molar refractivity (Wildman–Crippen MR) is 66.6 cm³/mol. The number of aliphatic hydroxyl groups is 1. The molecule has 0 aliphatic carbocycles. The molecule has 0 amide bonds. The number of aliphatic hydroxyl groups excluding tert-OH is 1. The Kier molecular flexibility index (Phi) is 2.93. The first-order valence-electron chi connectivity index (χ1n) is 5.68. The largest absolute Gasteiger partial charge is 0.351 e. The van der Waals surface area contributed by atoms with E-state index in [0.717, 1.165) is 16.9 Å². The van der Waals surface area contributed by atoms with Crippen molar-refractivity contribution in [3.63, 3.8) is 0 Å². The van der Waals surface area contributed by atoms with Gasteiger partial charge in [0.25, 0.3) is 0 Å². The molecular weight excluding hydrogens is 216 g/mol. The molecule has 1 aromatic heterocycles. The number of aryl methyl sites for hydroxylation is 1. The minimum Gasteiger partial charge on any atom is -0.351 e. The number of hydrogen-bond acceptors (Lipinski definition) is 3. The minimum atomic E-state index is -1.01. The lowest BCUT2D eigenvalue weighted by molar-refractivity contribution is -0.208. The van der Waals surface area contributed by atoms with E-state index in [1.807, 2.05) is 52.0 Å². The molecule has 0 saturated carbocycles. The van der Waals surface area contributed by atoms with E-state index in [9.17, 15) is 5.11 Å². The van der Waals surface area contributed by atoms with Gasteiger partial charge in [-0.1, -0.05) is 12.1 Å². The molecule has 0 aliphatic rings. The van der Waals surface area contributed by atoms with Crippen molar-refractivity contribution in [1.82, 2.24) is 9.55 Å². The Morgan fingerprint density at radius 2 is 1.94 bits per heavy atom.